The molecule has 0 amide bonds. The molecule has 2 heterocycles. The molecule has 0 aliphatic heterocycles. The van der Waals surface area contributed by atoms with Crippen LogP contribution in [0.1, 0.15) is 11.3 Å². The summed E-state index contributed by atoms with van der Waals surface area (Å²) >= 11 is 4.89. The fourth-order valence-corrected chi connectivity index (χ4v) is 1.61. The van der Waals surface area contributed by atoms with Crippen LogP contribution >= 0.6 is 12.2 Å². The van der Waals surface area contributed by atoms with Gasteiger partial charge in [0.15, 0.2) is 0 Å². The molecular weight excluding hydrogens is 260 g/mol. The van der Waals surface area contributed by atoms with Crippen molar-refractivity contribution in [2.24, 2.45) is 5.73 Å². The van der Waals surface area contributed by atoms with E-state index in [4.69, 9.17) is 22.7 Å². The third kappa shape index (κ3) is 3.62. The molecular formula is C13H14N4OS. The SMILES string of the molecule is COc1ccc(CNc2cccc(C(N)=S)n2)cn1. The molecule has 0 aromatic carbocycles. The number of nitrogens with zero attached hydrogens (tertiary/aromatic N) is 2. The van der Waals surface area contributed by atoms with Crippen molar-refractivity contribution in [3.8, 4) is 5.88 Å². The molecule has 0 unspecified atom stereocenters. The van der Waals surface area contributed by atoms with Crippen LogP contribution in [0.4, 0.5) is 5.82 Å². The lowest BCUT2D eigenvalue weighted by atomic mass is 10.3. The summed E-state index contributed by atoms with van der Waals surface area (Å²) in [7, 11) is 1.59. The van der Waals surface area contributed by atoms with Gasteiger partial charge in [-0.25, -0.2) is 9.97 Å². The Morgan fingerprint density at radius 1 is 1.37 bits per heavy atom. The van der Waals surface area contributed by atoms with E-state index >= 15 is 0 Å². The molecule has 0 bridgehead atoms. The van der Waals surface area contributed by atoms with Crippen LogP contribution in [0.5, 0.6) is 5.88 Å². The summed E-state index contributed by atoms with van der Waals surface area (Å²) in [5.41, 5.74) is 7.17. The Bertz CT molecular complexity index is 571. The Labute approximate surface area is 116 Å². The Morgan fingerprint density at radius 3 is 2.84 bits per heavy atom. The number of hydrogen-bond donors (Lipinski definition) is 2. The first kappa shape index (κ1) is 13.2. The molecule has 0 saturated carbocycles. The molecule has 19 heavy (non-hydrogen) atoms. The number of thiocarbonyl (C=S) groups is 1. The Kier molecular flexibility index (Phi) is 4.25. The van der Waals surface area contributed by atoms with Gasteiger partial charge in [0.25, 0.3) is 0 Å². The van der Waals surface area contributed by atoms with Gasteiger partial charge in [0.1, 0.15) is 10.8 Å². The maximum atomic E-state index is 5.54. The quantitative estimate of drug-likeness (QED) is 0.809. The van der Waals surface area contributed by atoms with Crippen molar-refractivity contribution in [1.82, 2.24) is 9.97 Å². The third-order valence-corrected chi connectivity index (χ3v) is 2.69. The average molecular weight is 274 g/mol. The zero-order chi connectivity index (χ0) is 13.7. The van der Waals surface area contributed by atoms with E-state index in [9.17, 15) is 0 Å². The lowest BCUT2D eigenvalue weighted by Gasteiger charge is -2.07. The molecule has 2 rings (SSSR count). The summed E-state index contributed by atoms with van der Waals surface area (Å²) < 4.78 is 5.00. The first-order valence-corrected chi connectivity index (χ1v) is 6.09. The number of rotatable bonds is 5. The molecule has 6 heteroatoms. The molecule has 5 nitrogen and oxygen atoms in total. The first-order chi connectivity index (χ1) is 9.19. The number of nitrogens with one attached hydrogen (secondary N) is 1. The highest BCUT2D eigenvalue weighted by Crippen LogP contribution is 2.10. The predicted molar refractivity (Wildman–Crippen MR) is 78.2 cm³/mol. The summed E-state index contributed by atoms with van der Waals surface area (Å²) in [6.07, 6.45) is 1.75. The van der Waals surface area contributed by atoms with E-state index in [-0.39, 0.29) is 4.99 Å². The van der Waals surface area contributed by atoms with Crippen molar-refractivity contribution in [3.05, 3.63) is 47.8 Å². The second kappa shape index (κ2) is 6.10. The lowest BCUT2D eigenvalue weighted by Crippen LogP contribution is -2.12. The van der Waals surface area contributed by atoms with E-state index in [1.165, 1.54) is 0 Å². The molecule has 0 spiro atoms. The van der Waals surface area contributed by atoms with Crippen LogP contribution in [0.15, 0.2) is 36.5 Å². The second-order valence-electron chi connectivity index (χ2n) is 3.83. The molecule has 0 aliphatic rings. The minimum absolute atomic E-state index is 0.287. The number of pyridine rings is 2. The monoisotopic (exact) mass is 274 g/mol. The van der Waals surface area contributed by atoms with E-state index in [0.717, 1.165) is 11.4 Å². The largest absolute Gasteiger partial charge is 0.481 e. The van der Waals surface area contributed by atoms with Gasteiger partial charge in [-0.05, 0) is 17.7 Å². The molecule has 0 fully saturated rings. The average Bonchev–Trinajstić information content (AvgIpc) is 2.46. The maximum Gasteiger partial charge on any atom is 0.212 e. The summed E-state index contributed by atoms with van der Waals surface area (Å²) in [6.45, 7) is 0.616. The van der Waals surface area contributed by atoms with Crippen LogP contribution < -0.4 is 15.8 Å². The van der Waals surface area contributed by atoms with Crippen molar-refractivity contribution in [2.75, 3.05) is 12.4 Å². The smallest absolute Gasteiger partial charge is 0.212 e. The van der Waals surface area contributed by atoms with E-state index in [1.54, 1.807) is 19.4 Å². The van der Waals surface area contributed by atoms with Gasteiger partial charge >= 0.3 is 0 Å². The summed E-state index contributed by atoms with van der Waals surface area (Å²) in [5.74, 6) is 1.32. The van der Waals surface area contributed by atoms with E-state index in [2.05, 4.69) is 15.3 Å². The number of anilines is 1. The van der Waals surface area contributed by atoms with Crippen molar-refractivity contribution < 1.29 is 4.74 Å². The van der Waals surface area contributed by atoms with Gasteiger partial charge in [0, 0.05) is 18.8 Å². The van der Waals surface area contributed by atoms with Gasteiger partial charge in [-0.15, -0.1) is 0 Å². The zero-order valence-corrected chi connectivity index (χ0v) is 11.3. The van der Waals surface area contributed by atoms with E-state index in [0.29, 0.717) is 18.1 Å². The lowest BCUT2D eigenvalue weighted by molar-refractivity contribution is 0.397. The number of hydrogen-bond acceptors (Lipinski definition) is 5. The minimum atomic E-state index is 0.287. The number of nitrogens with two attached hydrogens (primary N) is 1. The predicted octanol–water partition coefficient (Wildman–Crippen LogP) is 1.73. The molecule has 0 atom stereocenters. The molecule has 2 aromatic heterocycles. The van der Waals surface area contributed by atoms with Gasteiger partial charge in [0.2, 0.25) is 5.88 Å². The van der Waals surface area contributed by atoms with Crippen LogP contribution in [-0.2, 0) is 6.54 Å². The Hall–Kier alpha value is -2.21. The number of methoxy groups -OCH3 is 1. The standard InChI is InChI=1S/C13H14N4OS/c1-18-12-6-5-9(8-16-12)7-15-11-4-2-3-10(17-11)13(14)19/h2-6,8H,7H2,1H3,(H2,14,19)(H,15,17). The fourth-order valence-electron chi connectivity index (χ4n) is 1.50. The first-order valence-electron chi connectivity index (χ1n) is 5.68. The second-order valence-corrected chi connectivity index (χ2v) is 4.27. The fraction of sp³-hybridized carbons (Fsp3) is 0.154. The minimum Gasteiger partial charge on any atom is -0.481 e. The van der Waals surface area contributed by atoms with Crippen LogP contribution in [0.3, 0.4) is 0 Å². The van der Waals surface area contributed by atoms with Gasteiger partial charge in [0.05, 0.1) is 12.8 Å². The van der Waals surface area contributed by atoms with Crippen LogP contribution in [0.2, 0.25) is 0 Å². The topological polar surface area (TPSA) is 73.1 Å². The summed E-state index contributed by atoms with van der Waals surface area (Å²) in [4.78, 5) is 8.72. The summed E-state index contributed by atoms with van der Waals surface area (Å²) in [6, 6.07) is 9.25. The van der Waals surface area contributed by atoms with Gasteiger partial charge < -0.3 is 15.8 Å². The number of ether oxygens (including phenoxy) is 1. The normalized spacial score (nSPS) is 9.95. The molecule has 2 aromatic rings. The maximum absolute atomic E-state index is 5.54. The van der Waals surface area contributed by atoms with Crippen molar-refractivity contribution >= 4 is 23.0 Å². The molecule has 3 N–H and O–H groups in total. The van der Waals surface area contributed by atoms with E-state index < -0.39 is 0 Å². The highest BCUT2D eigenvalue weighted by molar-refractivity contribution is 7.80. The Morgan fingerprint density at radius 2 is 2.21 bits per heavy atom. The third-order valence-electron chi connectivity index (χ3n) is 2.48. The van der Waals surface area contributed by atoms with Crippen molar-refractivity contribution in [2.45, 2.75) is 6.54 Å². The summed E-state index contributed by atoms with van der Waals surface area (Å²) in [5, 5.41) is 3.19. The molecule has 0 radical (unpaired) electrons. The van der Waals surface area contributed by atoms with Crippen molar-refractivity contribution in [3.63, 3.8) is 0 Å². The van der Waals surface area contributed by atoms with Gasteiger partial charge in [-0.3, -0.25) is 0 Å². The highest BCUT2D eigenvalue weighted by Gasteiger charge is 2.00. The molecule has 0 aliphatic carbocycles. The molecule has 0 saturated heterocycles. The van der Waals surface area contributed by atoms with Gasteiger partial charge in [-0.1, -0.05) is 24.4 Å². The Balaban J connectivity index is 2.01. The van der Waals surface area contributed by atoms with Crippen LogP contribution in [0, 0.1) is 0 Å². The zero-order valence-electron chi connectivity index (χ0n) is 10.5. The van der Waals surface area contributed by atoms with Crippen molar-refractivity contribution in [1.29, 1.82) is 0 Å². The van der Waals surface area contributed by atoms with E-state index in [1.807, 2.05) is 24.3 Å². The van der Waals surface area contributed by atoms with Gasteiger partial charge in [-0.2, -0.15) is 0 Å². The highest BCUT2D eigenvalue weighted by atomic mass is 32.1. The number of aromatic nitrogens is 2. The van der Waals surface area contributed by atoms with Crippen LogP contribution in [-0.4, -0.2) is 22.1 Å². The molecule has 98 valence electrons. The van der Waals surface area contributed by atoms with Crippen LogP contribution in [0.25, 0.3) is 0 Å².